The van der Waals surface area contributed by atoms with Crippen LogP contribution in [0.2, 0.25) is 0 Å². The van der Waals surface area contributed by atoms with Crippen LogP contribution >= 0.6 is 0 Å². The molecule has 0 bridgehead atoms. The lowest BCUT2D eigenvalue weighted by Crippen LogP contribution is -2.28. The molecule has 0 aromatic carbocycles. The van der Waals surface area contributed by atoms with E-state index in [1.54, 1.807) is 0 Å². The molecule has 0 amide bonds. The van der Waals surface area contributed by atoms with Crippen LogP contribution in [0.4, 0.5) is 0 Å². The number of hydrogen-bond donors (Lipinski definition) is 2. The molecule has 1 atom stereocenters. The van der Waals surface area contributed by atoms with Crippen LogP contribution < -0.4 is 5.73 Å². The maximum Gasteiger partial charge on any atom is 0.156 e. The minimum absolute atomic E-state index is 0.283. The number of aliphatic hydroxyl groups is 1. The first-order valence-electron chi connectivity index (χ1n) is 3.51. The Kier molecular flexibility index (Phi) is 3.86. The van der Waals surface area contributed by atoms with Crippen molar-refractivity contribution in [1.29, 1.82) is 0 Å². The van der Waals surface area contributed by atoms with Gasteiger partial charge in [0.1, 0.15) is 0 Å². The lowest BCUT2D eigenvalue weighted by atomic mass is 10.2. The van der Waals surface area contributed by atoms with E-state index in [-0.39, 0.29) is 5.60 Å². The van der Waals surface area contributed by atoms with Gasteiger partial charge >= 0.3 is 0 Å². The summed E-state index contributed by atoms with van der Waals surface area (Å²) in [6.45, 7) is 6.14. The standard InChI is InChI=1S/C7H17NO2/c1-7(2,3)10-6(9)4-5-8/h6,9H,4-5,8H2,1-3H3. The fraction of sp³-hybridized carbons (Fsp3) is 1.00. The van der Waals surface area contributed by atoms with Crippen LogP contribution in [-0.2, 0) is 4.74 Å². The summed E-state index contributed by atoms with van der Waals surface area (Å²) >= 11 is 0. The van der Waals surface area contributed by atoms with Crippen LogP contribution in [-0.4, -0.2) is 23.5 Å². The molecule has 62 valence electrons. The van der Waals surface area contributed by atoms with Gasteiger partial charge in [-0.3, -0.25) is 0 Å². The van der Waals surface area contributed by atoms with Gasteiger partial charge in [-0.25, -0.2) is 0 Å². The second-order valence-electron chi connectivity index (χ2n) is 3.26. The van der Waals surface area contributed by atoms with Crippen molar-refractivity contribution in [3.63, 3.8) is 0 Å². The molecule has 10 heavy (non-hydrogen) atoms. The van der Waals surface area contributed by atoms with Crippen molar-refractivity contribution in [3.8, 4) is 0 Å². The molecule has 3 nitrogen and oxygen atoms in total. The molecule has 0 aromatic rings. The summed E-state index contributed by atoms with van der Waals surface area (Å²) in [4.78, 5) is 0. The predicted molar refractivity (Wildman–Crippen MR) is 40.5 cm³/mol. The van der Waals surface area contributed by atoms with Crippen molar-refractivity contribution in [2.75, 3.05) is 6.54 Å². The second-order valence-corrected chi connectivity index (χ2v) is 3.26. The van der Waals surface area contributed by atoms with Gasteiger partial charge in [0.25, 0.3) is 0 Å². The van der Waals surface area contributed by atoms with E-state index in [9.17, 15) is 0 Å². The molecular weight excluding hydrogens is 130 g/mol. The van der Waals surface area contributed by atoms with Gasteiger partial charge < -0.3 is 15.6 Å². The van der Waals surface area contributed by atoms with Gasteiger partial charge in [-0.05, 0) is 27.3 Å². The number of hydrogen-bond acceptors (Lipinski definition) is 3. The van der Waals surface area contributed by atoms with Gasteiger partial charge in [-0.15, -0.1) is 0 Å². The first-order valence-corrected chi connectivity index (χ1v) is 3.51. The molecule has 0 heterocycles. The zero-order valence-electron chi connectivity index (χ0n) is 6.92. The van der Waals surface area contributed by atoms with E-state index in [4.69, 9.17) is 15.6 Å². The molecule has 0 rings (SSSR count). The Hall–Kier alpha value is -0.120. The SMILES string of the molecule is CC(C)(C)OC(O)CCN. The van der Waals surface area contributed by atoms with Gasteiger partial charge in [0.05, 0.1) is 5.60 Å². The minimum Gasteiger partial charge on any atom is -0.368 e. The Labute approximate surface area is 62.2 Å². The Morgan fingerprint density at radius 1 is 1.50 bits per heavy atom. The first-order chi connectivity index (χ1) is 4.45. The molecule has 3 N–H and O–H groups in total. The molecular formula is C7H17NO2. The number of rotatable bonds is 3. The van der Waals surface area contributed by atoms with Crippen LogP contribution in [0.5, 0.6) is 0 Å². The molecule has 0 aliphatic rings. The highest BCUT2D eigenvalue weighted by Gasteiger charge is 2.15. The summed E-state index contributed by atoms with van der Waals surface area (Å²) in [6, 6.07) is 0. The van der Waals surface area contributed by atoms with Gasteiger partial charge in [0, 0.05) is 6.42 Å². The Morgan fingerprint density at radius 3 is 2.30 bits per heavy atom. The van der Waals surface area contributed by atoms with E-state index < -0.39 is 6.29 Å². The summed E-state index contributed by atoms with van der Waals surface area (Å²) < 4.78 is 5.15. The zero-order chi connectivity index (χ0) is 8.20. The molecule has 0 saturated carbocycles. The average molecular weight is 147 g/mol. The van der Waals surface area contributed by atoms with Crippen LogP contribution in [0.1, 0.15) is 27.2 Å². The highest BCUT2D eigenvalue weighted by Crippen LogP contribution is 2.10. The summed E-state index contributed by atoms with van der Waals surface area (Å²) in [5.41, 5.74) is 4.93. The van der Waals surface area contributed by atoms with Crippen LogP contribution in [0.25, 0.3) is 0 Å². The molecule has 0 saturated heterocycles. The molecule has 3 heteroatoms. The van der Waals surface area contributed by atoms with Crippen LogP contribution in [0, 0.1) is 0 Å². The normalized spacial score (nSPS) is 15.3. The molecule has 0 aromatic heterocycles. The fourth-order valence-electron chi connectivity index (χ4n) is 0.610. The van der Waals surface area contributed by atoms with Gasteiger partial charge in [0.15, 0.2) is 6.29 Å². The van der Waals surface area contributed by atoms with Crippen LogP contribution in [0.15, 0.2) is 0 Å². The minimum atomic E-state index is -0.718. The lowest BCUT2D eigenvalue weighted by Gasteiger charge is -2.23. The van der Waals surface area contributed by atoms with Crippen molar-refractivity contribution in [2.24, 2.45) is 5.73 Å². The third-order valence-electron chi connectivity index (χ3n) is 0.903. The molecule has 0 spiro atoms. The van der Waals surface area contributed by atoms with Gasteiger partial charge in [-0.2, -0.15) is 0 Å². The largest absolute Gasteiger partial charge is 0.368 e. The number of ether oxygens (including phenoxy) is 1. The topological polar surface area (TPSA) is 55.5 Å². The van der Waals surface area contributed by atoms with E-state index in [1.165, 1.54) is 0 Å². The van der Waals surface area contributed by atoms with E-state index in [0.717, 1.165) is 0 Å². The highest BCUT2D eigenvalue weighted by molar-refractivity contribution is 4.60. The molecule has 0 radical (unpaired) electrons. The Morgan fingerprint density at radius 2 is 2.00 bits per heavy atom. The van der Waals surface area contributed by atoms with Crippen LogP contribution in [0.3, 0.4) is 0 Å². The third kappa shape index (κ3) is 6.01. The van der Waals surface area contributed by atoms with Crippen molar-refractivity contribution in [1.82, 2.24) is 0 Å². The molecule has 0 fully saturated rings. The maximum atomic E-state index is 9.08. The lowest BCUT2D eigenvalue weighted by molar-refractivity contribution is -0.166. The number of aliphatic hydroxyl groups excluding tert-OH is 1. The summed E-state index contributed by atoms with van der Waals surface area (Å²) in [5, 5.41) is 9.08. The van der Waals surface area contributed by atoms with E-state index in [1.807, 2.05) is 20.8 Å². The van der Waals surface area contributed by atoms with Gasteiger partial charge in [0.2, 0.25) is 0 Å². The molecule has 1 unspecified atom stereocenters. The second kappa shape index (κ2) is 3.91. The van der Waals surface area contributed by atoms with Crippen molar-refractivity contribution in [3.05, 3.63) is 0 Å². The molecule has 0 aliphatic carbocycles. The average Bonchev–Trinajstić information content (AvgIpc) is 1.59. The summed E-state index contributed by atoms with van der Waals surface area (Å²) in [6.07, 6.45) is -0.220. The predicted octanol–water partition coefficient (Wildman–Crippen LogP) is 0.469. The Bertz CT molecular complexity index is 88.1. The van der Waals surface area contributed by atoms with Crippen molar-refractivity contribution < 1.29 is 9.84 Å². The highest BCUT2D eigenvalue weighted by atomic mass is 16.6. The molecule has 0 aliphatic heterocycles. The Balaban J connectivity index is 3.47. The van der Waals surface area contributed by atoms with Crippen molar-refractivity contribution in [2.45, 2.75) is 39.1 Å². The first kappa shape index (κ1) is 9.88. The zero-order valence-corrected chi connectivity index (χ0v) is 6.92. The van der Waals surface area contributed by atoms with E-state index >= 15 is 0 Å². The monoisotopic (exact) mass is 147 g/mol. The van der Waals surface area contributed by atoms with E-state index in [2.05, 4.69) is 0 Å². The summed E-state index contributed by atoms with van der Waals surface area (Å²) in [7, 11) is 0. The third-order valence-corrected chi connectivity index (χ3v) is 0.903. The number of nitrogens with two attached hydrogens (primary N) is 1. The van der Waals surface area contributed by atoms with E-state index in [0.29, 0.717) is 13.0 Å². The maximum absolute atomic E-state index is 9.08. The van der Waals surface area contributed by atoms with Gasteiger partial charge in [-0.1, -0.05) is 0 Å². The summed E-state index contributed by atoms with van der Waals surface area (Å²) in [5.74, 6) is 0. The quantitative estimate of drug-likeness (QED) is 0.570. The smallest absolute Gasteiger partial charge is 0.156 e. The van der Waals surface area contributed by atoms with Crippen molar-refractivity contribution >= 4 is 0 Å². The fourth-order valence-corrected chi connectivity index (χ4v) is 0.610.